The fraction of sp³-hybridized carbons (Fsp3) is 0.400. The smallest absolute Gasteiger partial charge is 0.164 e. The van der Waals surface area contributed by atoms with Crippen LogP contribution in [0, 0.1) is 20.8 Å². The number of nitrogens with two attached hydrogens (primary N) is 1. The first-order chi connectivity index (χ1) is 8.61. The van der Waals surface area contributed by atoms with Gasteiger partial charge >= 0.3 is 0 Å². The molecule has 0 aliphatic carbocycles. The minimum absolute atomic E-state index is 0.918. The third-order valence-corrected chi connectivity index (χ3v) is 3.36. The van der Waals surface area contributed by atoms with Crippen LogP contribution >= 0.6 is 0 Å². The Morgan fingerprint density at radius 1 is 1.17 bits per heavy atom. The van der Waals surface area contributed by atoms with Crippen LogP contribution in [0.15, 0.2) is 24.5 Å². The second-order valence-corrected chi connectivity index (χ2v) is 4.96. The highest BCUT2D eigenvalue weighted by atomic mass is 15.1. The van der Waals surface area contributed by atoms with Crippen molar-refractivity contribution in [2.45, 2.75) is 33.9 Å². The SMILES string of the molecule is C[NH2+]Cc1nccn1Cc1c(C)cc(C)cc1C. The summed E-state index contributed by atoms with van der Waals surface area (Å²) in [5.74, 6) is 1.14. The van der Waals surface area contributed by atoms with Crippen molar-refractivity contribution in [2.75, 3.05) is 7.05 Å². The van der Waals surface area contributed by atoms with E-state index in [0.717, 1.165) is 18.9 Å². The Hall–Kier alpha value is -1.61. The number of hydrogen-bond donors (Lipinski definition) is 1. The molecule has 0 bridgehead atoms. The standard InChI is InChI=1S/C15H21N3/c1-11-7-12(2)14(13(3)8-11)10-18-6-5-17-15(18)9-16-4/h5-8,16H,9-10H2,1-4H3/p+1. The van der Waals surface area contributed by atoms with Crippen molar-refractivity contribution in [2.24, 2.45) is 0 Å². The van der Waals surface area contributed by atoms with Crippen LogP contribution in [0.1, 0.15) is 28.1 Å². The van der Waals surface area contributed by atoms with E-state index in [-0.39, 0.29) is 0 Å². The van der Waals surface area contributed by atoms with Gasteiger partial charge in [-0.15, -0.1) is 0 Å². The summed E-state index contributed by atoms with van der Waals surface area (Å²) < 4.78 is 2.24. The van der Waals surface area contributed by atoms with E-state index in [1.54, 1.807) is 0 Å². The Kier molecular flexibility index (Phi) is 3.82. The Morgan fingerprint density at radius 2 is 1.83 bits per heavy atom. The zero-order valence-electron chi connectivity index (χ0n) is 11.7. The summed E-state index contributed by atoms with van der Waals surface area (Å²) in [5.41, 5.74) is 5.48. The number of aryl methyl sites for hydroxylation is 3. The molecular formula is C15H22N3+. The third-order valence-electron chi connectivity index (χ3n) is 3.36. The largest absolute Gasteiger partial charge is 0.342 e. The van der Waals surface area contributed by atoms with Gasteiger partial charge in [-0.2, -0.15) is 0 Å². The molecule has 2 aromatic rings. The fourth-order valence-corrected chi connectivity index (χ4v) is 2.49. The van der Waals surface area contributed by atoms with Crippen molar-refractivity contribution in [1.29, 1.82) is 0 Å². The van der Waals surface area contributed by atoms with Gasteiger partial charge < -0.3 is 9.88 Å². The normalized spacial score (nSPS) is 10.9. The van der Waals surface area contributed by atoms with Crippen LogP contribution in [0.2, 0.25) is 0 Å². The van der Waals surface area contributed by atoms with Gasteiger partial charge in [0.15, 0.2) is 5.82 Å². The van der Waals surface area contributed by atoms with E-state index in [9.17, 15) is 0 Å². The summed E-state index contributed by atoms with van der Waals surface area (Å²) in [6.45, 7) is 8.38. The highest BCUT2D eigenvalue weighted by Gasteiger charge is 2.08. The maximum absolute atomic E-state index is 4.41. The molecule has 0 unspecified atom stereocenters. The minimum atomic E-state index is 0.918. The molecule has 1 heterocycles. The predicted molar refractivity (Wildman–Crippen MR) is 73.5 cm³/mol. The topological polar surface area (TPSA) is 34.4 Å². The number of aromatic nitrogens is 2. The minimum Gasteiger partial charge on any atom is -0.342 e. The first-order valence-corrected chi connectivity index (χ1v) is 6.46. The highest BCUT2D eigenvalue weighted by molar-refractivity contribution is 5.37. The van der Waals surface area contributed by atoms with Crippen LogP contribution in [0.25, 0.3) is 0 Å². The number of imidazole rings is 1. The van der Waals surface area contributed by atoms with Crippen molar-refractivity contribution >= 4 is 0 Å². The van der Waals surface area contributed by atoms with Gasteiger partial charge in [0, 0.05) is 18.9 Å². The van der Waals surface area contributed by atoms with E-state index in [1.165, 1.54) is 22.3 Å². The summed E-state index contributed by atoms with van der Waals surface area (Å²) in [4.78, 5) is 4.41. The van der Waals surface area contributed by atoms with Gasteiger partial charge in [-0.1, -0.05) is 17.7 Å². The van der Waals surface area contributed by atoms with E-state index >= 15 is 0 Å². The molecule has 0 radical (unpaired) electrons. The Morgan fingerprint density at radius 3 is 2.44 bits per heavy atom. The first kappa shape index (κ1) is 12.8. The molecule has 0 saturated heterocycles. The molecule has 1 aromatic carbocycles. The Balaban J connectivity index is 2.31. The predicted octanol–water partition coefficient (Wildman–Crippen LogP) is 1.55. The van der Waals surface area contributed by atoms with Crippen LogP contribution in [-0.4, -0.2) is 16.6 Å². The Labute approximate surface area is 109 Å². The molecule has 0 fully saturated rings. The molecule has 0 spiro atoms. The van der Waals surface area contributed by atoms with E-state index in [1.807, 2.05) is 6.20 Å². The van der Waals surface area contributed by atoms with Crippen LogP contribution in [0.4, 0.5) is 0 Å². The van der Waals surface area contributed by atoms with Gasteiger partial charge in [0.05, 0.1) is 7.05 Å². The number of rotatable bonds is 4. The molecule has 0 aliphatic heterocycles. The van der Waals surface area contributed by atoms with Crippen molar-refractivity contribution in [1.82, 2.24) is 9.55 Å². The second-order valence-electron chi connectivity index (χ2n) is 4.96. The zero-order chi connectivity index (χ0) is 13.1. The molecular weight excluding hydrogens is 222 g/mol. The maximum Gasteiger partial charge on any atom is 0.164 e. The molecule has 3 nitrogen and oxygen atoms in total. The van der Waals surface area contributed by atoms with Crippen molar-refractivity contribution in [3.63, 3.8) is 0 Å². The van der Waals surface area contributed by atoms with E-state index in [4.69, 9.17) is 0 Å². The molecule has 96 valence electrons. The van der Waals surface area contributed by atoms with E-state index < -0.39 is 0 Å². The van der Waals surface area contributed by atoms with Gasteiger partial charge in [0.2, 0.25) is 0 Å². The van der Waals surface area contributed by atoms with Crippen LogP contribution < -0.4 is 5.32 Å². The summed E-state index contributed by atoms with van der Waals surface area (Å²) in [7, 11) is 2.07. The van der Waals surface area contributed by atoms with Gasteiger partial charge in [-0.05, 0) is 37.5 Å². The van der Waals surface area contributed by atoms with Gasteiger partial charge in [0.25, 0.3) is 0 Å². The average Bonchev–Trinajstić information content (AvgIpc) is 2.71. The number of hydrogen-bond acceptors (Lipinski definition) is 1. The highest BCUT2D eigenvalue weighted by Crippen LogP contribution is 2.18. The lowest BCUT2D eigenvalue weighted by molar-refractivity contribution is -0.644. The Bertz CT molecular complexity index is 517. The molecule has 2 N–H and O–H groups in total. The van der Waals surface area contributed by atoms with Crippen LogP contribution in [-0.2, 0) is 13.1 Å². The molecule has 18 heavy (non-hydrogen) atoms. The van der Waals surface area contributed by atoms with Gasteiger partial charge in [0.1, 0.15) is 6.54 Å². The molecule has 1 aromatic heterocycles. The zero-order valence-corrected chi connectivity index (χ0v) is 11.7. The van der Waals surface area contributed by atoms with Crippen LogP contribution in [0.3, 0.4) is 0 Å². The van der Waals surface area contributed by atoms with Crippen LogP contribution in [0.5, 0.6) is 0 Å². The summed E-state index contributed by atoms with van der Waals surface area (Å²) in [5, 5.41) is 2.15. The molecule has 0 atom stereocenters. The van der Waals surface area contributed by atoms with E-state index in [0.29, 0.717) is 0 Å². The molecule has 2 rings (SSSR count). The molecule has 0 amide bonds. The van der Waals surface area contributed by atoms with Crippen molar-refractivity contribution < 1.29 is 5.32 Å². The van der Waals surface area contributed by atoms with Crippen molar-refractivity contribution in [3.05, 3.63) is 52.6 Å². The van der Waals surface area contributed by atoms with E-state index in [2.05, 4.69) is 61.0 Å². The molecule has 0 aliphatic rings. The second kappa shape index (κ2) is 5.36. The first-order valence-electron chi connectivity index (χ1n) is 6.46. The monoisotopic (exact) mass is 244 g/mol. The summed E-state index contributed by atoms with van der Waals surface area (Å²) in [6, 6.07) is 4.51. The number of quaternary nitrogens is 1. The average molecular weight is 244 g/mol. The number of benzene rings is 1. The molecule has 0 saturated carbocycles. The lowest BCUT2D eigenvalue weighted by Gasteiger charge is -2.13. The summed E-state index contributed by atoms with van der Waals surface area (Å²) >= 11 is 0. The third kappa shape index (κ3) is 2.62. The lowest BCUT2D eigenvalue weighted by atomic mass is 10.00. The summed E-state index contributed by atoms with van der Waals surface area (Å²) in [6.07, 6.45) is 3.95. The quantitative estimate of drug-likeness (QED) is 0.870. The van der Waals surface area contributed by atoms with Gasteiger partial charge in [-0.3, -0.25) is 0 Å². The van der Waals surface area contributed by atoms with Gasteiger partial charge in [-0.25, -0.2) is 4.98 Å². The number of nitrogens with zero attached hydrogens (tertiary/aromatic N) is 2. The maximum atomic E-state index is 4.41. The van der Waals surface area contributed by atoms with Crippen molar-refractivity contribution in [3.8, 4) is 0 Å². The fourth-order valence-electron chi connectivity index (χ4n) is 2.49. The molecule has 3 heteroatoms. The lowest BCUT2D eigenvalue weighted by Crippen LogP contribution is -2.78.